The Kier molecular flexibility index (Phi) is 4.02. The average molecular weight is 287 g/mol. The van der Waals surface area contributed by atoms with Gasteiger partial charge in [0, 0.05) is 18.5 Å². The summed E-state index contributed by atoms with van der Waals surface area (Å²) in [5.41, 5.74) is 3.05. The summed E-state index contributed by atoms with van der Waals surface area (Å²) in [5.74, 6) is -0.635. The predicted octanol–water partition coefficient (Wildman–Crippen LogP) is 4.13. The minimum Gasteiger partial charge on any atom is -0.316 e. The molecule has 0 bridgehead atoms. The zero-order valence-electron chi connectivity index (χ0n) is 12.1. The Bertz CT molecular complexity index is 639. The van der Waals surface area contributed by atoms with Gasteiger partial charge in [0.1, 0.15) is 11.6 Å². The molecule has 1 saturated heterocycles. The summed E-state index contributed by atoms with van der Waals surface area (Å²) < 4.78 is 27.3. The second kappa shape index (κ2) is 5.94. The van der Waals surface area contributed by atoms with Crippen LogP contribution in [0.3, 0.4) is 0 Å². The molecule has 0 aromatic heterocycles. The highest BCUT2D eigenvalue weighted by Crippen LogP contribution is 2.38. The first-order valence-corrected chi connectivity index (χ1v) is 7.37. The maximum Gasteiger partial charge on any atom is 0.129 e. The number of piperidine rings is 1. The van der Waals surface area contributed by atoms with E-state index in [1.54, 1.807) is 6.07 Å². The van der Waals surface area contributed by atoms with Crippen molar-refractivity contribution in [1.29, 1.82) is 0 Å². The van der Waals surface area contributed by atoms with Crippen LogP contribution in [0.15, 0.2) is 42.5 Å². The number of rotatable bonds is 2. The molecule has 1 nitrogen and oxygen atoms in total. The van der Waals surface area contributed by atoms with Crippen molar-refractivity contribution in [2.45, 2.75) is 25.2 Å². The third-order valence-electron chi connectivity index (χ3n) is 4.31. The Labute approximate surface area is 124 Å². The Balaban J connectivity index is 1.98. The molecular formula is C18H19F2N. The van der Waals surface area contributed by atoms with Crippen molar-refractivity contribution in [1.82, 2.24) is 5.32 Å². The first-order chi connectivity index (χ1) is 10.1. The highest BCUT2D eigenvalue weighted by molar-refractivity contribution is 5.33. The van der Waals surface area contributed by atoms with E-state index in [4.69, 9.17) is 0 Å². The van der Waals surface area contributed by atoms with E-state index >= 15 is 0 Å². The lowest BCUT2D eigenvalue weighted by Crippen LogP contribution is -2.34. The van der Waals surface area contributed by atoms with Crippen LogP contribution >= 0.6 is 0 Å². The van der Waals surface area contributed by atoms with E-state index in [1.165, 1.54) is 17.2 Å². The molecule has 1 N–H and O–H groups in total. The number of hydrogen-bond donors (Lipinski definition) is 1. The third-order valence-corrected chi connectivity index (χ3v) is 4.31. The van der Waals surface area contributed by atoms with E-state index in [9.17, 15) is 8.78 Å². The fourth-order valence-electron chi connectivity index (χ4n) is 3.28. The lowest BCUT2D eigenvalue weighted by Gasteiger charge is -2.33. The number of hydrogen-bond acceptors (Lipinski definition) is 1. The van der Waals surface area contributed by atoms with Gasteiger partial charge in [0.25, 0.3) is 0 Å². The lowest BCUT2D eigenvalue weighted by molar-refractivity contribution is 0.392. The van der Waals surface area contributed by atoms with Gasteiger partial charge in [-0.15, -0.1) is 0 Å². The molecule has 0 spiro atoms. The van der Waals surface area contributed by atoms with E-state index in [2.05, 4.69) is 30.4 Å². The molecule has 110 valence electrons. The quantitative estimate of drug-likeness (QED) is 0.875. The molecule has 1 heterocycles. The SMILES string of the molecule is Cc1cccc(C2CNCCC2c2ccc(F)cc2F)c1. The van der Waals surface area contributed by atoms with Crippen molar-refractivity contribution in [3.63, 3.8) is 0 Å². The van der Waals surface area contributed by atoms with Crippen molar-refractivity contribution >= 4 is 0 Å². The zero-order valence-corrected chi connectivity index (χ0v) is 12.1. The first-order valence-electron chi connectivity index (χ1n) is 7.37. The molecule has 3 rings (SSSR count). The Morgan fingerprint density at radius 2 is 1.90 bits per heavy atom. The van der Waals surface area contributed by atoms with Gasteiger partial charge in [-0.25, -0.2) is 8.78 Å². The van der Waals surface area contributed by atoms with Crippen molar-refractivity contribution in [2.24, 2.45) is 0 Å². The molecule has 2 atom stereocenters. The molecule has 2 aromatic carbocycles. The van der Waals surface area contributed by atoms with E-state index in [-0.39, 0.29) is 11.8 Å². The summed E-state index contributed by atoms with van der Waals surface area (Å²) in [7, 11) is 0. The molecule has 2 aromatic rings. The lowest BCUT2D eigenvalue weighted by atomic mass is 9.77. The number of benzene rings is 2. The van der Waals surface area contributed by atoms with E-state index in [1.807, 2.05) is 6.07 Å². The predicted molar refractivity (Wildman–Crippen MR) is 80.5 cm³/mol. The van der Waals surface area contributed by atoms with Gasteiger partial charge >= 0.3 is 0 Å². The summed E-state index contributed by atoms with van der Waals surface area (Å²) in [5, 5.41) is 3.39. The summed E-state index contributed by atoms with van der Waals surface area (Å²) >= 11 is 0. The minimum atomic E-state index is -0.516. The van der Waals surface area contributed by atoms with Crippen molar-refractivity contribution in [3.8, 4) is 0 Å². The van der Waals surface area contributed by atoms with Crippen molar-refractivity contribution in [2.75, 3.05) is 13.1 Å². The Hall–Kier alpha value is -1.74. The van der Waals surface area contributed by atoms with Crippen LogP contribution in [0.25, 0.3) is 0 Å². The molecular weight excluding hydrogens is 268 g/mol. The van der Waals surface area contributed by atoms with Crippen LogP contribution < -0.4 is 5.32 Å². The topological polar surface area (TPSA) is 12.0 Å². The summed E-state index contributed by atoms with van der Waals surface area (Å²) in [6.07, 6.45) is 0.862. The normalized spacial score (nSPS) is 22.2. The zero-order chi connectivity index (χ0) is 14.8. The molecule has 21 heavy (non-hydrogen) atoms. The summed E-state index contributed by atoms with van der Waals surface area (Å²) in [6, 6.07) is 12.3. The fourth-order valence-corrected chi connectivity index (χ4v) is 3.28. The Morgan fingerprint density at radius 1 is 1.05 bits per heavy atom. The number of aryl methyl sites for hydroxylation is 1. The maximum absolute atomic E-state index is 14.1. The molecule has 2 unspecified atom stereocenters. The smallest absolute Gasteiger partial charge is 0.129 e. The van der Waals surface area contributed by atoms with Gasteiger partial charge in [0.2, 0.25) is 0 Å². The summed E-state index contributed by atoms with van der Waals surface area (Å²) in [4.78, 5) is 0. The van der Waals surface area contributed by atoms with Crippen LogP contribution in [0.2, 0.25) is 0 Å². The van der Waals surface area contributed by atoms with E-state index < -0.39 is 11.6 Å². The maximum atomic E-state index is 14.1. The summed E-state index contributed by atoms with van der Waals surface area (Å²) in [6.45, 7) is 3.75. The molecule has 0 amide bonds. The molecule has 1 fully saturated rings. The number of halogens is 2. The van der Waals surface area contributed by atoms with Gasteiger partial charge in [-0.05, 0) is 43.0 Å². The highest BCUT2D eigenvalue weighted by Gasteiger charge is 2.29. The van der Waals surface area contributed by atoms with Gasteiger partial charge in [0.05, 0.1) is 0 Å². The monoisotopic (exact) mass is 287 g/mol. The van der Waals surface area contributed by atoms with Crippen LogP contribution in [-0.2, 0) is 0 Å². The molecule has 0 aliphatic carbocycles. The van der Waals surface area contributed by atoms with Crippen LogP contribution in [0.1, 0.15) is 34.9 Å². The fraction of sp³-hybridized carbons (Fsp3) is 0.333. The van der Waals surface area contributed by atoms with Crippen LogP contribution in [-0.4, -0.2) is 13.1 Å². The molecule has 0 radical (unpaired) electrons. The minimum absolute atomic E-state index is 0.0913. The van der Waals surface area contributed by atoms with Gasteiger partial charge in [0.15, 0.2) is 0 Å². The molecule has 1 aliphatic rings. The second-order valence-electron chi connectivity index (χ2n) is 5.79. The third kappa shape index (κ3) is 2.98. The first kappa shape index (κ1) is 14.2. The van der Waals surface area contributed by atoms with Gasteiger partial charge < -0.3 is 5.32 Å². The van der Waals surface area contributed by atoms with Gasteiger partial charge in [-0.3, -0.25) is 0 Å². The van der Waals surface area contributed by atoms with Crippen molar-refractivity contribution in [3.05, 3.63) is 70.8 Å². The van der Waals surface area contributed by atoms with Crippen LogP contribution in [0.4, 0.5) is 8.78 Å². The van der Waals surface area contributed by atoms with Crippen LogP contribution in [0, 0.1) is 18.6 Å². The van der Waals surface area contributed by atoms with Crippen LogP contribution in [0.5, 0.6) is 0 Å². The Morgan fingerprint density at radius 3 is 2.67 bits per heavy atom. The standard InChI is InChI=1S/C18H19F2N/c1-12-3-2-4-13(9-12)17-11-21-8-7-15(17)16-6-5-14(19)10-18(16)20/h2-6,9-10,15,17,21H,7-8,11H2,1H3. The second-order valence-corrected chi connectivity index (χ2v) is 5.79. The largest absolute Gasteiger partial charge is 0.316 e. The van der Waals surface area contributed by atoms with Gasteiger partial charge in [-0.2, -0.15) is 0 Å². The molecule has 3 heteroatoms. The van der Waals surface area contributed by atoms with E-state index in [0.717, 1.165) is 25.6 Å². The molecule has 0 saturated carbocycles. The number of nitrogens with one attached hydrogen (secondary N) is 1. The average Bonchev–Trinajstić information content (AvgIpc) is 2.47. The molecule has 1 aliphatic heterocycles. The van der Waals surface area contributed by atoms with E-state index in [0.29, 0.717) is 5.56 Å². The van der Waals surface area contributed by atoms with Gasteiger partial charge in [-0.1, -0.05) is 35.9 Å². The highest BCUT2D eigenvalue weighted by atomic mass is 19.1. The van der Waals surface area contributed by atoms with Crippen molar-refractivity contribution < 1.29 is 8.78 Å².